The van der Waals surface area contributed by atoms with Crippen molar-refractivity contribution in [3.05, 3.63) is 107 Å². The molecule has 3 saturated heterocycles. The van der Waals surface area contributed by atoms with Crippen molar-refractivity contribution in [2.24, 2.45) is 5.92 Å². The zero-order valence-electron chi connectivity index (χ0n) is 35.3. The maximum Gasteiger partial charge on any atom is 0.255 e. The van der Waals surface area contributed by atoms with Crippen LogP contribution in [0.1, 0.15) is 71.6 Å². The summed E-state index contributed by atoms with van der Waals surface area (Å²) in [5.74, 6) is 0.220. The maximum absolute atomic E-state index is 13.2. The minimum Gasteiger partial charge on any atom is -0.394 e. The van der Waals surface area contributed by atoms with Crippen molar-refractivity contribution in [3.8, 4) is 11.1 Å². The zero-order valence-corrected chi connectivity index (χ0v) is 36.2. The van der Waals surface area contributed by atoms with Crippen LogP contribution in [0.25, 0.3) is 11.1 Å². The van der Waals surface area contributed by atoms with Crippen LogP contribution >= 0.6 is 11.8 Å². The Bertz CT molecular complexity index is 2380. The number of nitrogens with zero attached hydrogens (tertiary/aromatic N) is 5. The molecule has 15 heteroatoms. The smallest absolute Gasteiger partial charge is 0.255 e. The first-order chi connectivity index (χ1) is 30.7. The number of imide groups is 1. The number of hydrogen-bond donors (Lipinski definition) is 4. The van der Waals surface area contributed by atoms with E-state index in [1.807, 2.05) is 47.6 Å². The van der Waals surface area contributed by atoms with Gasteiger partial charge in [0.15, 0.2) is 0 Å². The van der Waals surface area contributed by atoms with E-state index in [2.05, 4.69) is 67.1 Å². The van der Waals surface area contributed by atoms with Crippen LogP contribution in [0.5, 0.6) is 0 Å². The number of carbonyl (C=O) groups is 5. The summed E-state index contributed by atoms with van der Waals surface area (Å²) in [5, 5.41) is 19.3. The number of likely N-dealkylation sites (tertiary alicyclic amines) is 1. The van der Waals surface area contributed by atoms with Gasteiger partial charge < -0.3 is 25.5 Å². The molecule has 9 rings (SSSR count). The topological polar surface area (TPSA) is 168 Å². The Morgan fingerprint density at radius 3 is 2.56 bits per heavy atom. The van der Waals surface area contributed by atoms with Gasteiger partial charge in [-0.25, -0.2) is 0 Å². The molecule has 1 unspecified atom stereocenters. The molecule has 0 spiro atoms. The molecule has 4 N–H and O–H groups in total. The Hall–Kier alpha value is -5.61. The average molecular weight is 871 g/mol. The van der Waals surface area contributed by atoms with Crippen molar-refractivity contribution in [2.75, 3.05) is 62.3 Å². The number of aliphatic hydroxyl groups excluding tert-OH is 1. The molecule has 4 aromatic rings. The van der Waals surface area contributed by atoms with Crippen molar-refractivity contribution in [1.82, 2.24) is 29.9 Å². The van der Waals surface area contributed by atoms with E-state index in [9.17, 15) is 29.1 Å². The van der Waals surface area contributed by atoms with E-state index in [-0.39, 0.29) is 48.7 Å². The summed E-state index contributed by atoms with van der Waals surface area (Å²) in [6.07, 6.45) is 6.99. The Morgan fingerprint density at radius 1 is 0.889 bits per heavy atom. The molecule has 0 saturated carbocycles. The normalized spacial score (nSPS) is 22.4. The number of thioether (sulfide) groups is 1. The molecule has 63 heavy (non-hydrogen) atoms. The predicted octanol–water partition coefficient (Wildman–Crippen LogP) is 4.90. The van der Waals surface area contributed by atoms with E-state index in [1.165, 1.54) is 11.1 Å². The highest BCUT2D eigenvalue weighted by Gasteiger charge is 2.44. The first-order valence-corrected chi connectivity index (χ1v) is 23.1. The minimum absolute atomic E-state index is 0.00106. The highest BCUT2D eigenvalue weighted by molar-refractivity contribution is 7.99. The van der Waals surface area contributed by atoms with Crippen LogP contribution in [0.3, 0.4) is 0 Å². The number of benzene rings is 3. The molecule has 0 aliphatic carbocycles. The van der Waals surface area contributed by atoms with Gasteiger partial charge in [0, 0.05) is 91.8 Å². The fraction of sp³-hybridized carbons (Fsp3) is 0.417. The zero-order chi connectivity index (χ0) is 43.5. The van der Waals surface area contributed by atoms with E-state index < -0.39 is 11.9 Å². The number of anilines is 2. The van der Waals surface area contributed by atoms with Crippen LogP contribution in [0.2, 0.25) is 0 Å². The van der Waals surface area contributed by atoms with E-state index in [4.69, 9.17) is 0 Å². The van der Waals surface area contributed by atoms with Gasteiger partial charge in [-0.15, -0.1) is 11.8 Å². The first kappa shape index (κ1) is 42.7. The van der Waals surface area contributed by atoms with E-state index in [0.29, 0.717) is 56.9 Å². The van der Waals surface area contributed by atoms with Gasteiger partial charge in [-0.1, -0.05) is 24.3 Å². The van der Waals surface area contributed by atoms with Gasteiger partial charge in [0.05, 0.1) is 19.2 Å². The molecule has 1 aromatic heterocycles. The van der Waals surface area contributed by atoms with E-state index in [0.717, 1.165) is 77.7 Å². The molecule has 5 aliphatic rings. The van der Waals surface area contributed by atoms with Gasteiger partial charge in [0.1, 0.15) is 6.04 Å². The number of pyridine rings is 1. The molecule has 6 heterocycles. The number of carbonyl (C=O) groups excluding carboxylic acids is 5. The highest BCUT2D eigenvalue weighted by Crippen LogP contribution is 2.48. The quantitative estimate of drug-likeness (QED) is 0.0729. The van der Waals surface area contributed by atoms with Crippen molar-refractivity contribution in [2.45, 2.75) is 74.6 Å². The lowest BCUT2D eigenvalue weighted by Gasteiger charge is -2.39. The summed E-state index contributed by atoms with van der Waals surface area (Å²) in [7, 11) is 0. The summed E-state index contributed by atoms with van der Waals surface area (Å²) >= 11 is 1.68. The Kier molecular flexibility index (Phi) is 12.9. The number of piperidine rings is 1. The highest BCUT2D eigenvalue weighted by atomic mass is 32.2. The minimum atomic E-state index is -0.637. The van der Waals surface area contributed by atoms with E-state index >= 15 is 0 Å². The first-order valence-electron chi connectivity index (χ1n) is 22.2. The third-order valence-electron chi connectivity index (χ3n) is 13.2. The number of hydrogen-bond acceptors (Lipinski definition) is 11. The monoisotopic (exact) mass is 870 g/mol. The van der Waals surface area contributed by atoms with Crippen molar-refractivity contribution in [3.63, 3.8) is 0 Å². The van der Waals surface area contributed by atoms with Crippen LogP contribution in [0, 0.1) is 5.92 Å². The molecular formula is C48H54N8O6S. The largest absolute Gasteiger partial charge is 0.394 e. The van der Waals surface area contributed by atoms with Gasteiger partial charge in [0.2, 0.25) is 23.6 Å². The number of amides is 5. The van der Waals surface area contributed by atoms with Gasteiger partial charge in [-0.05, 0) is 121 Å². The summed E-state index contributed by atoms with van der Waals surface area (Å²) in [5.41, 5.74) is 7.85. The lowest BCUT2D eigenvalue weighted by molar-refractivity contribution is -0.137. The van der Waals surface area contributed by atoms with Gasteiger partial charge in [-0.3, -0.25) is 44.1 Å². The molecule has 0 radical (unpaired) electrons. The van der Waals surface area contributed by atoms with Crippen LogP contribution < -0.4 is 16.0 Å². The van der Waals surface area contributed by atoms with Gasteiger partial charge >= 0.3 is 0 Å². The molecule has 328 valence electrons. The summed E-state index contributed by atoms with van der Waals surface area (Å²) in [4.78, 5) is 76.9. The van der Waals surface area contributed by atoms with E-state index in [1.54, 1.807) is 22.7 Å². The van der Waals surface area contributed by atoms with Crippen LogP contribution in [-0.4, -0.2) is 123 Å². The Balaban J connectivity index is 0.721. The third kappa shape index (κ3) is 9.38. The number of fused-ring (bicyclic) bond motifs is 4. The number of rotatable bonds is 15. The number of piperazine rings is 1. The van der Waals surface area contributed by atoms with Gasteiger partial charge in [0.25, 0.3) is 5.91 Å². The average Bonchev–Trinajstić information content (AvgIpc) is 3.87. The number of nitrogens with one attached hydrogen (secondary N) is 3. The van der Waals surface area contributed by atoms with Crippen molar-refractivity contribution < 1.29 is 29.1 Å². The molecule has 3 fully saturated rings. The second-order valence-corrected chi connectivity index (χ2v) is 18.4. The maximum atomic E-state index is 13.2. The second kappa shape index (κ2) is 19.0. The summed E-state index contributed by atoms with van der Waals surface area (Å²) in [6.45, 7) is 5.27. The molecule has 5 amide bonds. The molecule has 5 aliphatic heterocycles. The third-order valence-corrected chi connectivity index (χ3v) is 14.4. The fourth-order valence-electron chi connectivity index (χ4n) is 10.0. The Morgan fingerprint density at radius 2 is 1.73 bits per heavy atom. The molecule has 0 bridgehead atoms. The van der Waals surface area contributed by atoms with Crippen LogP contribution in [-0.2, 0) is 32.3 Å². The molecule has 4 atom stereocenters. The lowest BCUT2D eigenvalue weighted by Crippen LogP contribution is -2.52. The SMILES string of the molecule is O=C1CCC(N2Cc3c(SCCCN4CCN(CCCC(=O)Nc5cccc(-c6ccc7c(c6)[C@H]6[C@H](CCN6Cc6ccncc6)[C@@H](CO)N7)c5)C(=O)C4)cccc3C2=O)C(=O)N1. The molecule has 3 aromatic carbocycles. The Labute approximate surface area is 371 Å². The number of aliphatic hydroxyl groups is 1. The molecular weight excluding hydrogens is 817 g/mol. The standard InChI is InChI=1S/C48H54N8O6S/c57-30-40-36-16-21-55(27-31-14-17-49-18-15-31)46(36)37-26-33(10-11-39(37)51-40)32-5-1-6-34(25-32)50-43(58)9-3-20-54-23-22-53(29-45(54)60)19-4-24-63-42-8-2-7-35-38(42)28-56(48(35)62)41-12-13-44(59)52-47(41)61/h1-2,5-8,10-11,14-15,17-18,25-26,36,40-41,46,51,57H,3-4,9,12-13,16,19-24,27-30H2,(H,50,58)(H,52,59,61)/t36-,40-,41?,46-/m1/s1. The fourth-order valence-corrected chi connectivity index (χ4v) is 11.0. The summed E-state index contributed by atoms with van der Waals surface area (Å²) < 4.78 is 0. The second-order valence-electron chi connectivity index (χ2n) is 17.2. The number of aromatic nitrogens is 1. The lowest BCUT2D eigenvalue weighted by atomic mass is 9.82. The predicted molar refractivity (Wildman–Crippen MR) is 241 cm³/mol. The van der Waals surface area contributed by atoms with Crippen LogP contribution in [0.4, 0.5) is 11.4 Å². The van der Waals surface area contributed by atoms with Crippen LogP contribution in [0.15, 0.2) is 90.1 Å². The summed E-state index contributed by atoms with van der Waals surface area (Å²) in [6, 6.07) is 23.8. The van der Waals surface area contributed by atoms with Crippen molar-refractivity contribution >= 4 is 52.7 Å². The van der Waals surface area contributed by atoms with Gasteiger partial charge in [-0.2, -0.15) is 0 Å². The molecule has 14 nitrogen and oxygen atoms in total. The van der Waals surface area contributed by atoms with Crippen molar-refractivity contribution in [1.29, 1.82) is 0 Å².